The van der Waals surface area contributed by atoms with Gasteiger partial charge < -0.3 is 9.47 Å². The van der Waals surface area contributed by atoms with Crippen LogP contribution in [0.4, 0.5) is 8.78 Å². The Bertz CT molecular complexity index is 412. The van der Waals surface area contributed by atoms with E-state index in [1.54, 1.807) is 0 Å². The summed E-state index contributed by atoms with van der Waals surface area (Å²) in [6.45, 7) is 0. The minimum atomic E-state index is -2.80. The van der Waals surface area contributed by atoms with E-state index in [9.17, 15) is 13.6 Å². The van der Waals surface area contributed by atoms with Gasteiger partial charge in [0.25, 0.3) is 6.43 Å². The first kappa shape index (κ1) is 12.8. The Morgan fingerprint density at radius 1 is 1.50 bits per heavy atom. The fourth-order valence-corrected chi connectivity index (χ4v) is 1.61. The predicted octanol–water partition coefficient (Wildman–Crippen LogP) is 2.58. The van der Waals surface area contributed by atoms with Crippen molar-refractivity contribution in [3.05, 3.63) is 21.9 Å². The van der Waals surface area contributed by atoms with Crippen LogP contribution < -0.4 is 4.74 Å². The summed E-state index contributed by atoms with van der Waals surface area (Å²) in [6, 6.07) is 0. The predicted molar refractivity (Wildman–Crippen MR) is 54.8 cm³/mol. The standard InChI is InChI=1S/C9H8BrF2NO3/c1-15-6-4(9(14)16-2)3-13-7(10)5(6)8(11)12/h3,8H,1-2H3. The number of carbonyl (C=O) groups excluding carboxylic acids is 1. The van der Waals surface area contributed by atoms with Crippen LogP contribution >= 0.6 is 15.9 Å². The third kappa shape index (κ3) is 2.29. The lowest BCUT2D eigenvalue weighted by molar-refractivity contribution is 0.0595. The van der Waals surface area contributed by atoms with Crippen LogP contribution in [-0.2, 0) is 4.74 Å². The van der Waals surface area contributed by atoms with Crippen molar-refractivity contribution < 1.29 is 23.0 Å². The average molecular weight is 296 g/mol. The molecule has 0 saturated heterocycles. The van der Waals surface area contributed by atoms with Crippen LogP contribution in [0.5, 0.6) is 5.75 Å². The first-order chi connectivity index (χ1) is 7.52. The molecule has 1 heterocycles. The summed E-state index contributed by atoms with van der Waals surface area (Å²) in [4.78, 5) is 14.9. The Balaban J connectivity index is 3.42. The molecule has 1 rings (SSSR count). The molecule has 0 bridgehead atoms. The summed E-state index contributed by atoms with van der Waals surface area (Å²) in [7, 11) is 2.34. The Kier molecular flexibility index (Phi) is 4.17. The van der Waals surface area contributed by atoms with Gasteiger partial charge in [0.2, 0.25) is 0 Å². The van der Waals surface area contributed by atoms with E-state index >= 15 is 0 Å². The number of carbonyl (C=O) groups is 1. The molecule has 0 saturated carbocycles. The van der Waals surface area contributed by atoms with Gasteiger partial charge in [-0.1, -0.05) is 0 Å². The van der Waals surface area contributed by atoms with Gasteiger partial charge in [-0.3, -0.25) is 0 Å². The van der Waals surface area contributed by atoms with E-state index in [1.165, 1.54) is 7.11 Å². The molecule has 0 N–H and O–H groups in total. The van der Waals surface area contributed by atoms with Gasteiger partial charge >= 0.3 is 5.97 Å². The van der Waals surface area contributed by atoms with Gasteiger partial charge in [0.1, 0.15) is 15.9 Å². The number of halogens is 3. The van der Waals surface area contributed by atoms with Crippen molar-refractivity contribution in [3.63, 3.8) is 0 Å². The Morgan fingerprint density at radius 3 is 2.56 bits per heavy atom. The second-order valence-corrected chi connectivity index (χ2v) is 3.45. The Hall–Kier alpha value is -1.24. The third-order valence-electron chi connectivity index (χ3n) is 1.85. The van der Waals surface area contributed by atoms with Gasteiger partial charge in [-0.05, 0) is 15.9 Å². The molecular weight excluding hydrogens is 288 g/mol. The average Bonchev–Trinajstić information content (AvgIpc) is 2.26. The topological polar surface area (TPSA) is 48.4 Å². The maximum atomic E-state index is 12.7. The zero-order valence-corrected chi connectivity index (χ0v) is 10.0. The quantitative estimate of drug-likeness (QED) is 0.635. The maximum Gasteiger partial charge on any atom is 0.343 e. The third-order valence-corrected chi connectivity index (χ3v) is 2.48. The summed E-state index contributed by atoms with van der Waals surface area (Å²) in [6.07, 6.45) is -1.69. The van der Waals surface area contributed by atoms with E-state index in [2.05, 4.69) is 25.7 Å². The highest BCUT2D eigenvalue weighted by Crippen LogP contribution is 2.36. The zero-order chi connectivity index (χ0) is 12.3. The van der Waals surface area contributed by atoms with Crippen LogP contribution in [0.2, 0.25) is 0 Å². The number of hydrogen-bond acceptors (Lipinski definition) is 4. The SMILES string of the molecule is COC(=O)c1cnc(Br)c(C(F)F)c1OC. The number of nitrogens with zero attached hydrogens (tertiary/aromatic N) is 1. The highest BCUT2D eigenvalue weighted by molar-refractivity contribution is 9.10. The summed E-state index contributed by atoms with van der Waals surface area (Å²) >= 11 is 2.87. The minimum absolute atomic E-state index is 0.0630. The highest BCUT2D eigenvalue weighted by atomic mass is 79.9. The van der Waals surface area contributed by atoms with Gasteiger partial charge in [0.05, 0.1) is 19.8 Å². The summed E-state index contributed by atoms with van der Waals surface area (Å²) in [5, 5.41) is 0. The van der Waals surface area contributed by atoms with Crippen molar-refractivity contribution in [1.29, 1.82) is 0 Å². The Morgan fingerprint density at radius 2 is 2.12 bits per heavy atom. The van der Waals surface area contributed by atoms with Crippen LogP contribution in [-0.4, -0.2) is 25.2 Å². The van der Waals surface area contributed by atoms with E-state index in [4.69, 9.17) is 4.74 Å². The molecule has 0 aliphatic rings. The molecule has 0 aliphatic carbocycles. The number of alkyl halides is 2. The zero-order valence-electron chi connectivity index (χ0n) is 8.46. The number of methoxy groups -OCH3 is 2. The van der Waals surface area contributed by atoms with Crippen molar-refractivity contribution in [2.24, 2.45) is 0 Å². The molecule has 1 aromatic rings. The largest absolute Gasteiger partial charge is 0.495 e. The van der Waals surface area contributed by atoms with Crippen molar-refractivity contribution in [1.82, 2.24) is 4.98 Å². The minimum Gasteiger partial charge on any atom is -0.495 e. The van der Waals surface area contributed by atoms with Gasteiger partial charge in [-0.15, -0.1) is 0 Å². The number of pyridine rings is 1. The van der Waals surface area contributed by atoms with Crippen LogP contribution in [0.25, 0.3) is 0 Å². The first-order valence-electron chi connectivity index (χ1n) is 4.11. The first-order valence-corrected chi connectivity index (χ1v) is 4.91. The van der Waals surface area contributed by atoms with Crippen molar-refractivity contribution in [2.45, 2.75) is 6.43 Å². The summed E-state index contributed by atoms with van der Waals surface area (Å²) in [5.41, 5.74) is -0.603. The van der Waals surface area contributed by atoms with E-state index in [1.807, 2.05) is 0 Å². The fourth-order valence-electron chi connectivity index (χ4n) is 1.15. The van der Waals surface area contributed by atoms with Gasteiger partial charge in [-0.25, -0.2) is 18.6 Å². The second kappa shape index (κ2) is 5.20. The molecule has 0 aliphatic heterocycles. The lowest BCUT2D eigenvalue weighted by atomic mass is 10.2. The number of esters is 1. The van der Waals surface area contributed by atoms with Gasteiger partial charge in [0.15, 0.2) is 0 Å². The maximum absolute atomic E-state index is 12.7. The normalized spacial score (nSPS) is 10.4. The van der Waals surface area contributed by atoms with E-state index in [0.717, 1.165) is 13.3 Å². The molecular formula is C9H8BrF2NO3. The van der Waals surface area contributed by atoms with Gasteiger partial charge in [-0.2, -0.15) is 0 Å². The van der Waals surface area contributed by atoms with Crippen LogP contribution in [0.1, 0.15) is 22.3 Å². The van der Waals surface area contributed by atoms with Gasteiger partial charge in [0, 0.05) is 6.20 Å². The molecule has 7 heteroatoms. The lowest BCUT2D eigenvalue weighted by Gasteiger charge is -2.12. The second-order valence-electron chi connectivity index (χ2n) is 2.70. The fraction of sp³-hybridized carbons (Fsp3) is 0.333. The highest BCUT2D eigenvalue weighted by Gasteiger charge is 2.25. The molecule has 4 nitrogen and oxygen atoms in total. The number of ether oxygens (including phenoxy) is 2. The molecule has 0 radical (unpaired) electrons. The van der Waals surface area contributed by atoms with Crippen LogP contribution in [0, 0.1) is 0 Å². The number of hydrogen-bond donors (Lipinski definition) is 0. The van der Waals surface area contributed by atoms with E-state index < -0.39 is 18.0 Å². The Labute approximate surface area is 98.7 Å². The molecule has 0 aromatic carbocycles. The van der Waals surface area contributed by atoms with Crippen molar-refractivity contribution in [2.75, 3.05) is 14.2 Å². The molecule has 0 fully saturated rings. The van der Waals surface area contributed by atoms with E-state index in [-0.39, 0.29) is 15.9 Å². The summed E-state index contributed by atoms with van der Waals surface area (Å²) in [5.74, 6) is -1.01. The van der Waals surface area contributed by atoms with Crippen LogP contribution in [0.15, 0.2) is 10.8 Å². The van der Waals surface area contributed by atoms with Crippen LogP contribution in [0.3, 0.4) is 0 Å². The number of aromatic nitrogens is 1. The summed E-state index contributed by atoms with van der Waals surface area (Å²) < 4.78 is 34.6. The smallest absolute Gasteiger partial charge is 0.343 e. The van der Waals surface area contributed by atoms with Crippen molar-refractivity contribution in [3.8, 4) is 5.75 Å². The molecule has 16 heavy (non-hydrogen) atoms. The molecule has 0 unspecified atom stereocenters. The van der Waals surface area contributed by atoms with Crippen molar-refractivity contribution >= 4 is 21.9 Å². The molecule has 0 amide bonds. The lowest BCUT2D eigenvalue weighted by Crippen LogP contribution is -2.08. The molecule has 0 atom stereocenters. The molecule has 88 valence electrons. The number of rotatable bonds is 3. The molecule has 1 aromatic heterocycles. The molecule has 0 spiro atoms. The van der Waals surface area contributed by atoms with E-state index in [0.29, 0.717) is 0 Å². The monoisotopic (exact) mass is 295 g/mol.